The minimum atomic E-state index is -3.16. The molecule has 8 nitrogen and oxygen atoms in total. The van der Waals surface area contributed by atoms with Crippen LogP contribution in [0.4, 0.5) is 5.82 Å². The van der Waals surface area contributed by atoms with Crippen LogP contribution in [-0.2, 0) is 14.6 Å². The van der Waals surface area contributed by atoms with Crippen molar-refractivity contribution >= 4 is 61.6 Å². The normalized spacial score (nSPS) is 24.8. The molecule has 2 aromatic heterocycles. The van der Waals surface area contributed by atoms with E-state index in [1.165, 1.54) is 9.30 Å². The van der Waals surface area contributed by atoms with Crippen molar-refractivity contribution in [2.24, 2.45) is 0 Å². The molecule has 0 radical (unpaired) electrons. The number of carbonyl (C=O) groups is 1. The lowest BCUT2D eigenvalue weighted by Gasteiger charge is -2.21. The molecule has 0 saturated carbocycles. The van der Waals surface area contributed by atoms with E-state index >= 15 is 0 Å². The molecule has 162 valence electrons. The van der Waals surface area contributed by atoms with Crippen LogP contribution in [0.5, 0.6) is 0 Å². The highest BCUT2D eigenvalue weighted by Gasteiger charge is 2.42. The Morgan fingerprint density at radius 3 is 2.68 bits per heavy atom. The van der Waals surface area contributed by atoms with Crippen molar-refractivity contribution in [1.82, 2.24) is 14.3 Å². The summed E-state index contributed by atoms with van der Waals surface area (Å²) in [6.07, 6.45) is 5.65. The smallest absolute Gasteiger partial charge is 0.267 e. The number of sulfone groups is 1. The van der Waals surface area contributed by atoms with Crippen LogP contribution < -0.4 is 10.5 Å². The lowest BCUT2D eigenvalue weighted by Crippen LogP contribution is -2.39. The molecule has 0 aliphatic carbocycles. The highest BCUT2D eigenvalue weighted by atomic mass is 32.2. The summed E-state index contributed by atoms with van der Waals surface area (Å²) in [7, 11) is -3.16. The number of hydrogen-bond donors (Lipinski definition) is 0. The molecule has 1 atom stereocenters. The molecule has 5 heterocycles. The molecule has 31 heavy (non-hydrogen) atoms. The van der Waals surface area contributed by atoms with Crippen molar-refractivity contribution in [2.75, 3.05) is 29.5 Å². The third kappa shape index (κ3) is 3.68. The quantitative estimate of drug-likeness (QED) is 0.488. The third-order valence-corrected chi connectivity index (χ3v) is 8.91. The number of anilines is 1. The lowest BCUT2D eigenvalue weighted by molar-refractivity contribution is -0.123. The number of thioether (sulfide) groups is 1. The van der Waals surface area contributed by atoms with Crippen molar-refractivity contribution in [3.8, 4) is 0 Å². The Bertz CT molecular complexity index is 1300. The van der Waals surface area contributed by atoms with E-state index in [9.17, 15) is 18.0 Å². The van der Waals surface area contributed by atoms with Crippen LogP contribution >= 0.6 is 24.0 Å². The summed E-state index contributed by atoms with van der Waals surface area (Å²) < 4.78 is 25.6. The van der Waals surface area contributed by atoms with E-state index in [1.54, 1.807) is 24.4 Å². The summed E-state index contributed by atoms with van der Waals surface area (Å²) in [4.78, 5) is 35.0. The van der Waals surface area contributed by atoms with E-state index in [0.717, 1.165) is 37.7 Å². The van der Waals surface area contributed by atoms with Crippen molar-refractivity contribution < 1.29 is 13.2 Å². The zero-order chi connectivity index (χ0) is 21.8. The summed E-state index contributed by atoms with van der Waals surface area (Å²) in [5.41, 5.74) is 0.654. The topological polar surface area (TPSA) is 92.1 Å². The van der Waals surface area contributed by atoms with Crippen molar-refractivity contribution in [3.05, 3.63) is 45.2 Å². The van der Waals surface area contributed by atoms with Gasteiger partial charge < -0.3 is 4.90 Å². The molecule has 0 N–H and O–H groups in total. The fraction of sp³-hybridized carbons (Fsp3) is 0.400. The fourth-order valence-corrected chi connectivity index (χ4v) is 7.37. The van der Waals surface area contributed by atoms with Crippen LogP contribution in [0.15, 0.2) is 34.1 Å². The summed E-state index contributed by atoms with van der Waals surface area (Å²) in [6, 6.07) is 4.92. The minimum absolute atomic E-state index is 0.0584. The number of rotatable bonds is 3. The maximum Gasteiger partial charge on any atom is 0.267 e. The maximum atomic E-state index is 13.3. The average Bonchev–Trinajstić information content (AvgIpc) is 3.44. The van der Waals surface area contributed by atoms with Gasteiger partial charge in [0.2, 0.25) is 0 Å². The molecular weight excluding hydrogens is 456 g/mol. The van der Waals surface area contributed by atoms with Crippen LogP contribution in [0.3, 0.4) is 0 Å². The molecule has 1 unspecified atom stereocenters. The van der Waals surface area contributed by atoms with Crippen LogP contribution in [-0.4, -0.2) is 63.6 Å². The van der Waals surface area contributed by atoms with Crippen molar-refractivity contribution in [1.29, 1.82) is 0 Å². The predicted molar refractivity (Wildman–Crippen MR) is 125 cm³/mol. The van der Waals surface area contributed by atoms with Gasteiger partial charge in [-0.15, -0.1) is 0 Å². The first-order valence-corrected chi connectivity index (χ1v) is 13.1. The third-order valence-electron chi connectivity index (χ3n) is 5.83. The van der Waals surface area contributed by atoms with Gasteiger partial charge in [-0.2, -0.15) is 0 Å². The molecule has 3 fully saturated rings. The van der Waals surface area contributed by atoms with Gasteiger partial charge in [0, 0.05) is 19.3 Å². The largest absolute Gasteiger partial charge is 0.356 e. The Balaban J connectivity index is 1.59. The van der Waals surface area contributed by atoms with Crippen LogP contribution in [0.2, 0.25) is 0 Å². The molecule has 1 amide bonds. The van der Waals surface area contributed by atoms with Gasteiger partial charge in [0.05, 0.1) is 28.0 Å². The zero-order valence-electron chi connectivity index (χ0n) is 16.6. The number of thiocarbonyl (C=S) groups is 1. The SMILES string of the molecule is O=C1/C(=C\c2c(N3CCCC3)nc3ccccn3c2=O)SC(=S)N1C1CCS(=O)(=O)C1. The second-order valence-electron chi connectivity index (χ2n) is 7.89. The lowest BCUT2D eigenvalue weighted by atomic mass is 10.2. The predicted octanol–water partition coefficient (Wildman–Crippen LogP) is 1.68. The Hall–Kier alpha value is -2.24. The first kappa shape index (κ1) is 20.7. The molecule has 3 aliphatic rings. The molecular formula is C20H20N4O4S3. The Labute approximate surface area is 188 Å². The van der Waals surface area contributed by atoms with E-state index in [2.05, 4.69) is 4.90 Å². The number of hydrogen-bond acceptors (Lipinski definition) is 8. The summed E-state index contributed by atoms with van der Waals surface area (Å²) in [5, 5.41) is 0. The second-order valence-corrected chi connectivity index (χ2v) is 11.8. The summed E-state index contributed by atoms with van der Waals surface area (Å²) in [5.74, 6) is 0.207. The molecule has 0 bridgehead atoms. The first-order valence-electron chi connectivity index (χ1n) is 10.1. The Morgan fingerprint density at radius 1 is 1.19 bits per heavy atom. The zero-order valence-corrected chi connectivity index (χ0v) is 19.0. The Morgan fingerprint density at radius 2 is 1.97 bits per heavy atom. The van der Waals surface area contributed by atoms with E-state index < -0.39 is 15.9 Å². The van der Waals surface area contributed by atoms with Gasteiger partial charge in [0.15, 0.2) is 9.84 Å². The molecule has 3 aliphatic heterocycles. The average molecular weight is 477 g/mol. The van der Waals surface area contributed by atoms with Gasteiger partial charge in [0.1, 0.15) is 15.8 Å². The summed E-state index contributed by atoms with van der Waals surface area (Å²) in [6.45, 7) is 1.61. The second kappa shape index (κ2) is 7.72. The van der Waals surface area contributed by atoms with E-state index in [4.69, 9.17) is 17.2 Å². The maximum absolute atomic E-state index is 13.3. The van der Waals surface area contributed by atoms with Gasteiger partial charge >= 0.3 is 0 Å². The first-order chi connectivity index (χ1) is 14.8. The molecule has 3 saturated heterocycles. The van der Waals surface area contributed by atoms with Crippen LogP contribution in [0.25, 0.3) is 11.7 Å². The van der Waals surface area contributed by atoms with Gasteiger partial charge in [-0.05, 0) is 37.5 Å². The molecule has 11 heteroatoms. The number of nitrogens with zero attached hydrogens (tertiary/aromatic N) is 4. The van der Waals surface area contributed by atoms with Gasteiger partial charge in [0.25, 0.3) is 11.5 Å². The van der Waals surface area contributed by atoms with Crippen LogP contribution in [0.1, 0.15) is 24.8 Å². The number of pyridine rings is 1. The van der Waals surface area contributed by atoms with Gasteiger partial charge in [-0.1, -0.05) is 30.0 Å². The van der Waals surface area contributed by atoms with E-state index in [1.807, 2.05) is 6.07 Å². The fourth-order valence-electron chi connectivity index (χ4n) is 4.29. The molecule has 0 spiro atoms. The van der Waals surface area contributed by atoms with Gasteiger partial charge in [-0.25, -0.2) is 13.4 Å². The molecule has 5 rings (SSSR count). The van der Waals surface area contributed by atoms with E-state index in [0.29, 0.717) is 32.7 Å². The Kier molecular flexibility index (Phi) is 5.14. The number of amides is 1. The van der Waals surface area contributed by atoms with Gasteiger partial charge in [-0.3, -0.25) is 18.9 Å². The van der Waals surface area contributed by atoms with Crippen molar-refractivity contribution in [3.63, 3.8) is 0 Å². The minimum Gasteiger partial charge on any atom is -0.356 e. The monoisotopic (exact) mass is 476 g/mol. The standard InChI is InChI=1S/C20H20N4O4S3/c25-18-14(17(22-7-3-4-8-22)21-16-5-1-2-9-23(16)18)11-15-19(26)24(20(29)30-15)13-6-10-31(27,28)12-13/h1-2,5,9,11,13H,3-4,6-8,10,12H2/b15-11+. The number of fused-ring (bicyclic) bond motifs is 1. The number of aromatic nitrogens is 2. The number of carbonyl (C=O) groups excluding carboxylic acids is 1. The highest BCUT2D eigenvalue weighted by Crippen LogP contribution is 2.37. The molecule has 0 aromatic carbocycles. The molecule has 2 aromatic rings. The summed E-state index contributed by atoms with van der Waals surface area (Å²) >= 11 is 6.50. The van der Waals surface area contributed by atoms with Crippen LogP contribution in [0, 0.1) is 0 Å². The van der Waals surface area contributed by atoms with E-state index in [-0.39, 0.29) is 23.0 Å². The van der Waals surface area contributed by atoms with Crippen molar-refractivity contribution in [2.45, 2.75) is 25.3 Å². The highest BCUT2D eigenvalue weighted by molar-refractivity contribution is 8.26.